The zero-order chi connectivity index (χ0) is 19.7. The minimum Gasteiger partial charge on any atom is -0.384 e. The highest BCUT2D eigenvalue weighted by Gasteiger charge is 2.08. The molecule has 0 radical (unpaired) electrons. The summed E-state index contributed by atoms with van der Waals surface area (Å²) in [6.45, 7) is 0. The molecule has 0 aliphatic carbocycles. The number of benzene rings is 4. The van der Waals surface area contributed by atoms with Gasteiger partial charge in [0.15, 0.2) is 0 Å². The van der Waals surface area contributed by atoms with E-state index >= 15 is 0 Å². The first-order chi connectivity index (χ1) is 13.5. The van der Waals surface area contributed by atoms with Crippen molar-refractivity contribution in [2.24, 2.45) is 0 Å². The van der Waals surface area contributed by atoms with Crippen LogP contribution in [0.25, 0.3) is 33.0 Å². The Morgan fingerprint density at radius 2 is 1.32 bits per heavy atom. The van der Waals surface area contributed by atoms with Gasteiger partial charge in [-0.3, -0.25) is 0 Å². The molecule has 0 fully saturated rings. The summed E-state index contributed by atoms with van der Waals surface area (Å²) in [5.74, 6) is -0.0577. The summed E-state index contributed by atoms with van der Waals surface area (Å²) in [6.07, 6.45) is 0. The fraction of sp³-hybridized carbons (Fsp3) is 0. The van der Waals surface area contributed by atoms with E-state index in [0.717, 1.165) is 27.5 Å². The van der Waals surface area contributed by atoms with Crippen molar-refractivity contribution < 1.29 is 17.0 Å². The lowest BCUT2D eigenvalue weighted by Gasteiger charge is -2.09. The van der Waals surface area contributed by atoms with E-state index in [1.165, 1.54) is 6.07 Å². The smallest absolute Gasteiger partial charge is 0.299 e. The predicted octanol–water partition coefficient (Wildman–Crippen LogP) is 5.87. The largest absolute Gasteiger partial charge is 0.384 e. The van der Waals surface area contributed by atoms with Crippen molar-refractivity contribution in [3.05, 3.63) is 89.7 Å². The highest BCUT2D eigenvalue weighted by Crippen LogP contribution is 2.31. The van der Waals surface area contributed by atoms with E-state index in [2.05, 4.69) is 0 Å². The first-order valence-electron chi connectivity index (χ1n) is 8.42. The van der Waals surface area contributed by atoms with Gasteiger partial charge in [-0.15, -0.1) is 0 Å². The Morgan fingerprint density at radius 1 is 0.714 bits per heavy atom. The molecule has 0 unspecified atom stereocenters. The molecule has 0 aliphatic heterocycles. The third-order valence-corrected chi connectivity index (χ3v) is 5.06. The molecular weight excluding hydrogens is 399 g/mol. The van der Waals surface area contributed by atoms with Gasteiger partial charge in [0.05, 0.1) is 0 Å². The molecule has 0 saturated carbocycles. The fourth-order valence-electron chi connectivity index (χ4n) is 3.10. The van der Waals surface area contributed by atoms with Gasteiger partial charge < -0.3 is 4.18 Å². The van der Waals surface area contributed by atoms with Gasteiger partial charge in [-0.05, 0) is 63.9 Å². The van der Waals surface area contributed by atoms with E-state index in [4.69, 9.17) is 15.8 Å². The Hall–Kier alpha value is -2.89. The molecule has 0 amide bonds. The minimum atomic E-state index is -2.95. The standard InChI is InChI=1S/C22H14ClFO3S/c23-19-7-3-14(4-8-19)21-10-6-18(13-22(21)24)15-1-2-17-12-20(27-28(25)26)9-5-16(17)11-15/h1-13,28H. The molecule has 4 aromatic carbocycles. The van der Waals surface area contributed by atoms with Crippen LogP contribution in [0, 0.1) is 5.82 Å². The molecule has 6 heteroatoms. The number of fused-ring (bicyclic) bond motifs is 1. The summed E-state index contributed by atoms with van der Waals surface area (Å²) in [4.78, 5) is 0. The first-order valence-corrected chi connectivity index (χ1v) is 9.89. The molecule has 0 bridgehead atoms. The minimum absolute atomic E-state index is 0.259. The Morgan fingerprint density at radius 3 is 2.04 bits per heavy atom. The predicted molar refractivity (Wildman–Crippen MR) is 111 cm³/mol. The van der Waals surface area contributed by atoms with Crippen LogP contribution < -0.4 is 4.18 Å². The quantitative estimate of drug-likeness (QED) is 0.426. The molecule has 0 atom stereocenters. The summed E-state index contributed by atoms with van der Waals surface area (Å²) in [5, 5.41) is 2.33. The van der Waals surface area contributed by atoms with Crippen molar-refractivity contribution in [1.82, 2.24) is 0 Å². The molecule has 0 aliphatic rings. The number of hydrogen-bond acceptors (Lipinski definition) is 3. The topological polar surface area (TPSA) is 43.4 Å². The SMILES string of the molecule is O=[SH](=O)Oc1ccc2cc(-c3ccc(-c4ccc(Cl)cc4)c(F)c3)ccc2c1. The Labute approximate surface area is 168 Å². The fourth-order valence-corrected chi connectivity index (χ4v) is 3.52. The van der Waals surface area contributed by atoms with E-state index in [1.807, 2.05) is 24.3 Å². The van der Waals surface area contributed by atoms with Crippen LogP contribution in [0.15, 0.2) is 78.9 Å². The summed E-state index contributed by atoms with van der Waals surface area (Å²) in [5.41, 5.74) is 2.88. The van der Waals surface area contributed by atoms with Crippen LogP contribution in [0.3, 0.4) is 0 Å². The normalized spacial score (nSPS) is 11.1. The molecule has 140 valence electrons. The lowest BCUT2D eigenvalue weighted by atomic mass is 9.98. The van der Waals surface area contributed by atoms with Crippen molar-refractivity contribution in [2.75, 3.05) is 0 Å². The third kappa shape index (κ3) is 3.86. The van der Waals surface area contributed by atoms with Gasteiger partial charge in [-0.1, -0.05) is 54.1 Å². The second-order valence-corrected chi connectivity index (χ2v) is 7.31. The maximum Gasteiger partial charge on any atom is 0.299 e. The first kappa shape index (κ1) is 18.5. The van der Waals surface area contributed by atoms with Crippen LogP contribution >= 0.6 is 11.6 Å². The maximum atomic E-state index is 14.7. The molecule has 3 nitrogen and oxygen atoms in total. The summed E-state index contributed by atoms with van der Waals surface area (Å²) in [7, 11) is -2.95. The van der Waals surface area contributed by atoms with Gasteiger partial charge in [0.1, 0.15) is 11.6 Å². The number of halogens is 2. The monoisotopic (exact) mass is 412 g/mol. The van der Waals surface area contributed by atoms with Crippen LogP contribution in [0.5, 0.6) is 5.75 Å². The molecule has 0 saturated heterocycles. The van der Waals surface area contributed by atoms with E-state index in [0.29, 0.717) is 10.6 Å². The molecular formula is C22H14ClFO3S. The van der Waals surface area contributed by atoms with Crippen LogP contribution in [-0.2, 0) is 11.0 Å². The number of hydrogen-bond donors (Lipinski definition) is 1. The van der Waals surface area contributed by atoms with Crippen LogP contribution in [0.2, 0.25) is 5.02 Å². The lowest BCUT2D eigenvalue weighted by molar-refractivity contribution is 0.511. The van der Waals surface area contributed by atoms with E-state index < -0.39 is 11.0 Å². The van der Waals surface area contributed by atoms with Gasteiger partial charge >= 0.3 is 0 Å². The van der Waals surface area contributed by atoms with Gasteiger partial charge in [-0.25, -0.2) is 4.39 Å². The van der Waals surface area contributed by atoms with Crippen molar-refractivity contribution >= 4 is 33.4 Å². The van der Waals surface area contributed by atoms with Crippen LogP contribution in [0.4, 0.5) is 4.39 Å². The molecule has 0 aromatic heterocycles. The van der Waals surface area contributed by atoms with Gasteiger partial charge in [0.2, 0.25) is 0 Å². The van der Waals surface area contributed by atoms with Gasteiger partial charge in [0, 0.05) is 10.6 Å². The molecule has 0 N–H and O–H groups in total. The van der Waals surface area contributed by atoms with E-state index in [1.54, 1.807) is 48.5 Å². The van der Waals surface area contributed by atoms with Gasteiger partial charge in [0.25, 0.3) is 11.0 Å². The van der Waals surface area contributed by atoms with E-state index in [9.17, 15) is 12.8 Å². The average molecular weight is 413 g/mol. The molecule has 4 rings (SSSR count). The summed E-state index contributed by atoms with van der Waals surface area (Å²) >= 11 is 5.89. The Kier molecular flexibility index (Phi) is 5.03. The Bertz CT molecular complexity index is 1240. The molecule has 28 heavy (non-hydrogen) atoms. The van der Waals surface area contributed by atoms with E-state index in [-0.39, 0.29) is 11.6 Å². The van der Waals surface area contributed by atoms with Crippen molar-refractivity contribution in [2.45, 2.75) is 0 Å². The highest BCUT2D eigenvalue weighted by molar-refractivity contribution is 7.67. The van der Waals surface area contributed by atoms with Crippen molar-refractivity contribution in [3.8, 4) is 28.0 Å². The van der Waals surface area contributed by atoms with Crippen LogP contribution in [-0.4, -0.2) is 8.42 Å². The van der Waals surface area contributed by atoms with Crippen molar-refractivity contribution in [3.63, 3.8) is 0 Å². The molecule has 4 aromatic rings. The maximum absolute atomic E-state index is 14.7. The second-order valence-electron chi connectivity index (χ2n) is 6.24. The number of thiol groups is 1. The second kappa shape index (κ2) is 7.62. The number of rotatable bonds is 4. The van der Waals surface area contributed by atoms with Crippen LogP contribution in [0.1, 0.15) is 0 Å². The van der Waals surface area contributed by atoms with Crippen molar-refractivity contribution in [1.29, 1.82) is 0 Å². The third-order valence-electron chi connectivity index (χ3n) is 4.45. The average Bonchev–Trinajstić information content (AvgIpc) is 2.68. The lowest BCUT2D eigenvalue weighted by Crippen LogP contribution is -1.90. The zero-order valence-corrected chi connectivity index (χ0v) is 16.1. The molecule has 0 heterocycles. The summed E-state index contributed by atoms with van der Waals surface area (Å²) in [6, 6.07) is 22.8. The Balaban J connectivity index is 1.69. The summed E-state index contributed by atoms with van der Waals surface area (Å²) < 4.78 is 40.8. The van der Waals surface area contributed by atoms with Gasteiger partial charge in [-0.2, -0.15) is 8.42 Å². The zero-order valence-electron chi connectivity index (χ0n) is 14.4. The molecule has 0 spiro atoms. The highest BCUT2D eigenvalue weighted by atomic mass is 35.5.